The molecule has 0 radical (unpaired) electrons. The largest absolute Gasteiger partial charge is 0.494 e. The lowest BCUT2D eigenvalue weighted by molar-refractivity contribution is 0.174. The Bertz CT molecular complexity index is 6900. The summed E-state index contributed by atoms with van der Waals surface area (Å²) in [6.07, 6.45) is 10.9. The van der Waals surface area contributed by atoms with Crippen LogP contribution in [0, 0.1) is 27.7 Å². The zero-order valence-electron chi connectivity index (χ0n) is 83.1. The normalized spacial score (nSPS) is 14.2. The number of aryl methyl sites for hydroxylation is 4. The van der Waals surface area contributed by atoms with Gasteiger partial charge >= 0.3 is 0 Å². The van der Waals surface area contributed by atoms with Crippen LogP contribution in [0.3, 0.4) is 0 Å². The summed E-state index contributed by atoms with van der Waals surface area (Å²) in [7, 11) is -4.85. The molecule has 0 N–H and O–H groups in total. The van der Waals surface area contributed by atoms with Gasteiger partial charge in [-0.2, -0.15) is 0 Å². The van der Waals surface area contributed by atoms with Crippen LogP contribution in [0.25, 0.3) is 69.1 Å². The molecule has 784 valence electrons. The van der Waals surface area contributed by atoms with Gasteiger partial charge in [0.1, 0.15) is 136 Å². The zero-order chi connectivity index (χ0) is 108. The molecule has 12 aromatic heterocycles. The highest BCUT2D eigenvalue weighted by atomic mass is 79.9. The van der Waals surface area contributed by atoms with Gasteiger partial charge in [0.15, 0.2) is 132 Å². The summed E-state index contributed by atoms with van der Waals surface area (Å²) >= 11 is 12.8. The topological polar surface area (TPSA) is 489 Å². The number of para-hydroxylation sites is 4. The minimum absolute atomic E-state index is 0.0197. The fourth-order valence-corrected chi connectivity index (χ4v) is 22.3. The van der Waals surface area contributed by atoms with E-state index in [4.69, 9.17) is 55.6 Å². The van der Waals surface area contributed by atoms with E-state index in [-0.39, 0.29) is 69.9 Å². The maximum Gasteiger partial charge on any atom is 0.204 e. The molecule has 8 atom stereocenters. The molecule has 0 aliphatic heterocycles. The second kappa shape index (κ2) is 45.8. The fourth-order valence-electron chi connectivity index (χ4n) is 15.2. The van der Waals surface area contributed by atoms with Crippen LogP contribution in [0.15, 0.2) is 206 Å². The number of aromatic nitrogens is 20. The quantitative estimate of drug-likeness (QED) is 0.0329. The fraction of sp³-hybridized carbons (Fsp3) is 0.333. The van der Waals surface area contributed by atoms with Crippen molar-refractivity contribution in [2.45, 2.75) is 150 Å². The number of ether oxygens (including phenoxy) is 8. The third kappa shape index (κ3) is 23.9. The molecule has 0 saturated carbocycles. The first-order valence-corrected chi connectivity index (χ1v) is 54.4. The van der Waals surface area contributed by atoms with E-state index in [0.29, 0.717) is 133 Å². The van der Waals surface area contributed by atoms with Crippen LogP contribution in [0.5, 0.6) is 46.0 Å². The second-order valence-corrected chi connectivity index (χ2v) is 46.7. The van der Waals surface area contributed by atoms with Crippen molar-refractivity contribution in [1.29, 1.82) is 0 Å². The summed E-state index contributed by atoms with van der Waals surface area (Å²) < 4.78 is 247. The first-order valence-electron chi connectivity index (χ1n) is 44.4. The molecule has 52 heteroatoms. The highest BCUT2D eigenvalue weighted by Gasteiger charge is 2.50. The highest BCUT2D eigenvalue weighted by molar-refractivity contribution is 9.11. The molecule has 16 aromatic rings. The van der Waals surface area contributed by atoms with Crippen LogP contribution in [-0.4, -0.2) is 210 Å². The minimum atomic E-state index is -4.16. The van der Waals surface area contributed by atoms with Gasteiger partial charge in [-0.15, -0.1) is 40.8 Å². The molecular weight excluding hydrogens is 2280 g/mol. The van der Waals surface area contributed by atoms with Gasteiger partial charge in [0.05, 0.1) is 74.8 Å². The third-order valence-corrected chi connectivity index (χ3v) is 34.4. The molecule has 0 unspecified atom stereocenters. The molecule has 4 aromatic carbocycles. The Labute approximate surface area is 882 Å². The number of rotatable bonds is 36. The van der Waals surface area contributed by atoms with Crippen molar-refractivity contribution < 1.29 is 107 Å². The van der Waals surface area contributed by atoms with Crippen molar-refractivity contribution in [2.24, 2.45) is 0 Å². The molecule has 0 saturated heterocycles. The van der Waals surface area contributed by atoms with Crippen molar-refractivity contribution in [3.63, 3.8) is 0 Å². The number of hydrogen-bond donors (Lipinski definition) is 0. The number of hydrogen-bond acceptors (Lipinski definition) is 36. The van der Waals surface area contributed by atoms with Gasteiger partial charge in [0, 0.05) is 49.6 Å². The highest BCUT2D eigenvalue weighted by Crippen LogP contribution is 2.46. The van der Waals surface area contributed by atoms with E-state index in [0.717, 1.165) is 27.7 Å². The Kier molecular flexibility index (Phi) is 34.6. The summed E-state index contributed by atoms with van der Waals surface area (Å²) in [4.78, 5) is 31.8. The molecule has 0 bridgehead atoms. The summed E-state index contributed by atoms with van der Waals surface area (Å²) in [6.45, 7) is 16.8. The Hall–Kier alpha value is -13.3. The lowest BCUT2D eigenvalue weighted by Gasteiger charge is -2.26. The van der Waals surface area contributed by atoms with E-state index in [9.17, 15) is 33.7 Å². The van der Waals surface area contributed by atoms with Gasteiger partial charge in [-0.3, -0.25) is 18.3 Å². The summed E-state index contributed by atoms with van der Waals surface area (Å²) in [5, 5.41) is 27.5. The molecule has 12 heterocycles. The molecular formula is C96H100Br4F4N20O20S4. The number of furan rings is 4. The Morgan fingerprint density at radius 2 is 0.432 bits per heavy atom. The van der Waals surface area contributed by atoms with Crippen molar-refractivity contribution >= 4 is 103 Å². The Morgan fingerprint density at radius 1 is 0.277 bits per heavy atom. The van der Waals surface area contributed by atoms with E-state index in [2.05, 4.69) is 144 Å². The van der Waals surface area contributed by atoms with Crippen molar-refractivity contribution in [3.8, 4) is 115 Å². The van der Waals surface area contributed by atoms with Crippen molar-refractivity contribution in [3.05, 3.63) is 258 Å². The van der Waals surface area contributed by atoms with Gasteiger partial charge in [-0.1, -0.05) is 24.3 Å². The molecule has 0 fully saturated rings. The SMILES string of the molecule is COc1cccc(OC)c1-n1c(CS(=O)(=O)[C@@H](C)[C@@](C)(F)c2ncc(Br)cn2)nnc1-c1ccc(C)o1.COc1cccc(OC)c1-n1c(CS(=O)(=O)[C@@H](C)[C@](C)(F)c2ncc(Br)cn2)nnc1-c1ccc(C)o1.COc1cccc(OC)c1-n1c(CS(=O)(=O)[C@H](C)[C@@](C)(F)c2ncc(Br)cn2)nnc1-c1ccc(C)o1.COc1cccc(OC)c1-n1c(CS(=O)(=O)[C@H](C)[C@](C)(F)c2ncc(Br)cn2)nnc1-c1ccc(C)o1. The summed E-state index contributed by atoms with van der Waals surface area (Å²) in [5.41, 5.74) is -8.03. The zero-order valence-corrected chi connectivity index (χ0v) is 92.7. The standard InChI is InChI=1S/4C24H25BrFN5O5S/c4*1-14-9-10-19(36-14)22-30-29-20(31(22)21-17(34-4)7-6-8-18(21)35-5)13-37(32,33)15(2)24(3,26)23-27-11-16(25)12-28-23/h4*6-12,15H,13H2,1-5H3/t2*15-,24+;2*15-,24-/m1010/s1. The predicted octanol–water partition coefficient (Wildman–Crippen LogP) is 18.4. The third-order valence-electron chi connectivity index (χ3n) is 24.0. The maximum atomic E-state index is 15.9. The van der Waals surface area contributed by atoms with Crippen LogP contribution in [0.2, 0.25) is 0 Å². The summed E-state index contributed by atoms with van der Waals surface area (Å²) in [6, 6.07) is 34.3. The van der Waals surface area contributed by atoms with Crippen LogP contribution in [0.1, 0.15) is 125 Å². The lowest BCUT2D eigenvalue weighted by atomic mass is 10.0. The van der Waals surface area contributed by atoms with Crippen molar-refractivity contribution in [2.75, 3.05) is 56.9 Å². The predicted molar refractivity (Wildman–Crippen MR) is 549 cm³/mol. The first kappa shape index (κ1) is 112. The number of sulfone groups is 4. The van der Waals surface area contributed by atoms with Gasteiger partial charge in [-0.25, -0.2) is 91.1 Å². The molecule has 0 aliphatic carbocycles. The van der Waals surface area contributed by atoms with Crippen LogP contribution < -0.4 is 37.9 Å². The van der Waals surface area contributed by atoms with Gasteiger partial charge in [0.25, 0.3) is 0 Å². The molecule has 0 aliphatic rings. The van der Waals surface area contributed by atoms with E-state index in [1.807, 2.05) is 0 Å². The molecule has 0 amide bonds. The molecule has 0 spiro atoms. The number of methoxy groups -OCH3 is 8. The van der Waals surface area contributed by atoms with E-state index in [1.54, 1.807) is 149 Å². The number of halogens is 8. The second-order valence-electron chi connectivity index (χ2n) is 33.8. The average molecular weight is 2380 g/mol. The van der Waals surface area contributed by atoms with Crippen LogP contribution in [-0.2, 0) is 85.0 Å². The molecule has 148 heavy (non-hydrogen) atoms. The van der Waals surface area contributed by atoms with E-state index < -0.39 is 106 Å². The first-order chi connectivity index (χ1) is 70.0. The number of nitrogens with zero attached hydrogens (tertiary/aromatic N) is 20. The summed E-state index contributed by atoms with van der Waals surface area (Å²) in [5.74, 6) is 4.45. The maximum absolute atomic E-state index is 15.9. The van der Waals surface area contributed by atoms with Gasteiger partial charge in [-0.05, 0) is 244 Å². The smallest absolute Gasteiger partial charge is 0.204 e. The Morgan fingerprint density at radius 3 is 0.568 bits per heavy atom. The molecule has 16 rings (SSSR count). The monoisotopic (exact) mass is 2370 g/mol. The minimum Gasteiger partial charge on any atom is -0.494 e. The number of alkyl halides is 4. The van der Waals surface area contributed by atoms with Crippen molar-refractivity contribution in [1.82, 2.24) is 98.9 Å². The van der Waals surface area contributed by atoms with Crippen LogP contribution >= 0.6 is 63.7 Å². The van der Waals surface area contributed by atoms with Crippen LogP contribution in [0.4, 0.5) is 17.6 Å². The molecule has 40 nitrogen and oxygen atoms in total. The van der Waals surface area contributed by atoms with Gasteiger partial charge < -0.3 is 55.6 Å². The number of benzene rings is 4. The van der Waals surface area contributed by atoms with Gasteiger partial charge in [0.2, 0.25) is 23.3 Å². The Balaban J connectivity index is 0.000000165. The van der Waals surface area contributed by atoms with E-state index >= 15 is 17.6 Å². The van der Waals surface area contributed by atoms with E-state index in [1.165, 1.54) is 152 Å². The lowest BCUT2D eigenvalue weighted by Crippen LogP contribution is -2.39. The average Bonchev–Trinajstić information content (AvgIpc) is 1.60.